The van der Waals surface area contributed by atoms with E-state index in [4.69, 9.17) is 10.5 Å². The highest BCUT2D eigenvalue weighted by atomic mass is 16.6. The fraction of sp³-hybridized carbons (Fsp3) is 0.500. The van der Waals surface area contributed by atoms with Crippen molar-refractivity contribution in [3.05, 3.63) is 33.9 Å². The number of ether oxygens (including phenoxy) is 1. The molecule has 0 spiro atoms. The van der Waals surface area contributed by atoms with Gasteiger partial charge in [-0.2, -0.15) is 0 Å². The number of unbranched alkanes of at least 4 members (excludes halogenated alkanes) is 4. The quantitative estimate of drug-likeness (QED) is 0.259. The van der Waals surface area contributed by atoms with Crippen LogP contribution in [0.15, 0.2) is 18.2 Å². The summed E-state index contributed by atoms with van der Waals surface area (Å²) >= 11 is 0. The fourth-order valence-corrected chi connectivity index (χ4v) is 1.80. The third-order valence-electron chi connectivity index (χ3n) is 2.95. The van der Waals surface area contributed by atoms with Gasteiger partial charge in [-0.1, -0.05) is 32.6 Å². The van der Waals surface area contributed by atoms with Crippen LogP contribution in [0.2, 0.25) is 0 Å². The highest BCUT2D eigenvalue weighted by Gasteiger charge is 2.15. The van der Waals surface area contributed by atoms with Gasteiger partial charge in [-0.05, 0) is 12.5 Å². The predicted molar refractivity (Wildman–Crippen MR) is 76.6 cm³/mol. The first-order valence-corrected chi connectivity index (χ1v) is 6.77. The molecule has 0 amide bonds. The molecule has 0 saturated heterocycles. The number of anilines is 1. The molecular weight excluding hydrogens is 260 g/mol. The van der Waals surface area contributed by atoms with Crippen molar-refractivity contribution in [2.75, 3.05) is 12.3 Å². The highest BCUT2D eigenvalue weighted by molar-refractivity contribution is 5.95. The number of non-ortho nitro benzene ring substituents is 1. The number of carbonyl (C=O) groups excluding carboxylic acids is 1. The Labute approximate surface area is 118 Å². The standard InChI is InChI=1S/C14H20N2O4/c1-2-3-4-5-6-9-20-14(17)12-8-7-11(16(18)19)10-13(12)15/h7-8,10H,2-6,9,15H2,1H3. The molecule has 0 bridgehead atoms. The van der Waals surface area contributed by atoms with E-state index in [9.17, 15) is 14.9 Å². The van der Waals surface area contributed by atoms with E-state index in [0.29, 0.717) is 6.61 Å². The van der Waals surface area contributed by atoms with Crippen molar-refractivity contribution >= 4 is 17.3 Å². The van der Waals surface area contributed by atoms with Gasteiger partial charge in [0, 0.05) is 12.1 Å². The average Bonchev–Trinajstić information content (AvgIpc) is 2.42. The molecule has 0 atom stereocenters. The van der Waals surface area contributed by atoms with Crippen LogP contribution in [0.1, 0.15) is 49.4 Å². The Morgan fingerprint density at radius 3 is 2.60 bits per heavy atom. The van der Waals surface area contributed by atoms with Gasteiger partial charge in [0.25, 0.3) is 5.69 Å². The minimum atomic E-state index is -0.556. The highest BCUT2D eigenvalue weighted by Crippen LogP contribution is 2.20. The Morgan fingerprint density at radius 1 is 1.30 bits per heavy atom. The molecule has 0 unspecified atom stereocenters. The smallest absolute Gasteiger partial charge is 0.340 e. The third-order valence-corrected chi connectivity index (χ3v) is 2.95. The van der Waals surface area contributed by atoms with E-state index >= 15 is 0 Å². The number of rotatable bonds is 8. The van der Waals surface area contributed by atoms with Crippen LogP contribution in [-0.2, 0) is 4.74 Å². The lowest BCUT2D eigenvalue weighted by Crippen LogP contribution is -2.09. The van der Waals surface area contributed by atoms with Gasteiger partial charge in [0.05, 0.1) is 22.8 Å². The lowest BCUT2D eigenvalue weighted by molar-refractivity contribution is -0.384. The van der Waals surface area contributed by atoms with Crippen molar-refractivity contribution in [1.82, 2.24) is 0 Å². The van der Waals surface area contributed by atoms with Crippen LogP contribution in [0.5, 0.6) is 0 Å². The second-order valence-corrected chi connectivity index (χ2v) is 4.58. The zero-order chi connectivity index (χ0) is 15.0. The number of esters is 1. The number of nitrogens with two attached hydrogens (primary N) is 1. The van der Waals surface area contributed by atoms with Gasteiger partial charge in [-0.15, -0.1) is 0 Å². The first-order chi connectivity index (χ1) is 9.56. The van der Waals surface area contributed by atoms with E-state index in [1.807, 2.05) is 0 Å². The van der Waals surface area contributed by atoms with E-state index in [1.165, 1.54) is 25.0 Å². The maximum absolute atomic E-state index is 11.8. The third kappa shape index (κ3) is 4.87. The Bertz CT molecular complexity index is 474. The summed E-state index contributed by atoms with van der Waals surface area (Å²) in [5.74, 6) is -0.534. The monoisotopic (exact) mass is 280 g/mol. The normalized spacial score (nSPS) is 10.2. The van der Waals surface area contributed by atoms with E-state index < -0.39 is 10.9 Å². The van der Waals surface area contributed by atoms with E-state index in [2.05, 4.69) is 6.92 Å². The largest absolute Gasteiger partial charge is 0.462 e. The van der Waals surface area contributed by atoms with E-state index in [1.54, 1.807) is 0 Å². The number of carbonyl (C=O) groups is 1. The fourth-order valence-electron chi connectivity index (χ4n) is 1.80. The van der Waals surface area contributed by atoms with Gasteiger partial charge in [0.1, 0.15) is 0 Å². The molecule has 20 heavy (non-hydrogen) atoms. The van der Waals surface area contributed by atoms with Crippen molar-refractivity contribution in [3.63, 3.8) is 0 Å². The van der Waals surface area contributed by atoms with Crippen molar-refractivity contribution in [1.29, 1.82) is 0 Å². The SMILES string of the molecule is CCCCCCCOC(=O)c1ccc([N+](=O)[O-])cc1N. The van der Waals surface area contributed by atoms with Gasteiger partial charge in [0.2, 0.25) is 0 Å². The topological polar surface area (TPSA) is 95.5 Å². The maximum Gasteiger partial charge on any atom is 0.340 e. The Hall–Kier alpha value is -2.11. The van der Waals surface area contributed by atoms with Crippen molar-refractivity contribution in [2.45, 2.75) is 39.0 Å². The number of nitrogen functional groups attached to an aromatic ring is 1. The van der Waals surface area contributed by atoms with Crippen LogP contribution < -0.4 is 5.73 Å². The van der Waals surface area contributed by atoms with Crippen molar-refractivity contribution in [3.8, 4) is 0 Å². The Kier molecular flexibility index (Phi) is 6.49. The molecule has 0 aliphatic rings. The molecule has 0 aliphatic heterocycles. The summed E-state index contributed by atoms with van der Waals surface area (Å²) in [6, 6.07) is 3.74. The Balaban J connectivity index is 2.45. The van der Waals surface area contributed by atoms with E-state index in [0.717, 1.165) is 25.3 Å². The molecule has 0 heterocycles. The van der Waals surface area contributed by atoms with Gasteiger partial charge >= 0.3 is 5.97 Å². The molecule has 1 aromatic rings. The summed E-state index contributed by atoms with van der Waals surface area (Å²) in [5.41, 5.74) is 5.72. The predicted octanol–water partition coefficient (Wildman–Crippen LogP) is 3.30. The molecule has 0 radical (unpaired) electrons. The molecule has 0 fully saturated rings. The van der Waals surface area contributed by atoms with Gasteiger partial charge < -0.3 is 10.5 Å². The molecule has 1 rings (SSSR count). The van der Waals surface area contributed by atoms with Crippen LogP contribution in [0, 0.1) is 10.1 Å². The minimum Gasteiger partial charge on any atom is -0.462 e. The molecule has 0 aliphatic carbocycles. The van der Waals surface area contributed by atoms with Crippen LogP contribution in [0.4, 0.5) is 11.4 Å². The van der Waals surface area contributed by atoms with Crippen LogP contribution in [0.3, 0.4) is 0 Å². The number of nitrogens with zero attached hydrogens (tertiary/aromatic N) is 1. The molecule has 0 saturated carbocycles. The Morgan fingerprint density at radius 2 is 2.00 bits per heavy atom. The van der Waals surface area contributed by atoms with Gasteiger partial charge in [0.15, 0.2) is 0 Å². The second kappa shape index (κ2) is 8.14. The summed E-state index contributed by atoms with van der Waals surface area (Å²) < 4.78 is 5.10. The molecular formula is C14H20N2O4. The molecule has 1 aromatic carbocycles. The molecule has 6 heteroatoms. The first-order valence-electron chi connectivity index (χ1n) is 6.77. The van der Waals surface area contributed by atoms with Crippen molar-refractivity contribution in [2.24, 2.45) is 0 Å². The zero-order valence-electron chi connectivity index (χ0n) is 11.6. The molecule has 0 aromatic heterocycles. The van der Waals surface area contributed by atoms with Gasteiger partial charge in [-0.3, -0.25) is 10.1 Å². The minimum absolute atomic E-state index is 0.0650. The number of nitro groups is 1. The van der Waals surface area contributed by atoms with Crippen LogP contribution in [0.25, 0.3) is 0 Å². The lowest BCUT2D eigenvalue weighted by atomic mass is 10.1. The van der Waals surface area contributed by atoms with Crippen LogP contribution >= 0.6 is 0 Å². The average molecular weight is 280 g/mol. The summed E-state index contributed by atoms with van der Waals surface area (Å²) in [6.45, 7) is 2.48. The van der Waals surface area contributed by atoms with Crippen LogP contribution in [-0.4, -0.2) is 17.5 Å². The second-order valence-electron chi connectivity index (χ2n) is 4.58. The summed E-state index contributed by atoms with van der Waals surface area (Å²) in [4.78, 5) is 21.8. The molecule has 110 valence electrons. The summed E-state index contributed by atoms with van der Waals surface area (Å²) in [7, 11) is 0. The van der Waals surface area contributed by atoms with Crippen molar-refractivity contribution < 1.29 is 14.5 Å². The summed E-state index contributed by atoms with van der Waals surface area (Å²) in [6.07, 6.45) is 5.32. The number of nitro benzene ring substituents is 1. The zero-order valence-corrected chi connectivity index (χ0v) is 11.6. The maximum atomic E-state index is 11.8. The molecule has 6 nitrogen and oxygen atoms in total. The summed E-state index contributed by atoms with van der Waals surface area (Å²) in [5, 5.41) is 10.6. The lowest BCUT2D eigenvalue weighted by Gasteiger charge is -2.06. The molecule has 2 N–H and O–H groups in total. The number of hydrogen-bond donors (Lipinski definition) is 1. The number of benzene rings is 1. The first kappa shape index (κ1) is 15.9. The van der Waals surface area contributed by atoms with E-state index in [-0.39, 0.29) is 16.9 Å². The van der Waals surface area contributed by atoms with Gasteiger partial charge in [-0.25, -0.2) is 4.79 Å². The number of hydrogen-bond acceptors (Lipinski definition) is 5.